The monoisotopic (exact) mass is 404 g/mol. The first-order valence-corrected chi connectivity index (χ1v) is 9.64. The Balaban J connectivity index is 2.03. The number of rotatable bonds is 8. The lowest BCUT2D eigenvalue weighted by Gasteiger charge is -2.15. The summed E-state index contributed by atoms with van der Waals surface area (Å²) < 4.78 is 12.4. The van der Waals surface area contributed by atoms with Crippen molar-refractivity contribution >= 4 is 33.8 Å². The number of hydrogen-bond acceptors (Lipinski definition) is 5. The molecule has 0 aliphatic heterocycles. The molecular formula is C20H21ClN2O3S. The lowest BCUT2D eigenvalue weighted by Crippen LogP contribution is -2.27. The normalized spacial score (nSPS) is 10.9. The fourth-order valence-electron chi connectivity index (χ4n) is 2.95. The molecule has 0 saturated carbocycles. The molecule has 5 nitrogen and oxygen atoms in total. The highest BCUT2D eigenvalue weighted by Gasteiger charge is 2.14. The molecule has 0 atom stereocenters. The van der Waals surface area contributed by atoms with E-state index in [0.29, 0.717) is 35.2 Å². The molecule has 1 aromatic carbocycles. The Kier molecular flexibility index (Phi) is 6.21. The van der Waals surface area contributed by atoms with E-state index >= 15 is 0 Å². The average Bonchev–Trinajstić information content (AvgIpc) is 3.17. The number of aromatic nitrogens is 1. The van der Waals surface area contributed by atoms with Crippen LogP contribution in [0.1, 0.15) is 10.4 Å². The van der Waals surface area contributed by atoms with Gasteiger partial charge in [0.25, 0.3) is 5.56 Å². The molecular weight excluding hydrogens is 384 g/mol. The second-order valence-electron chi connectivity index (χ2n) is 6.03. The van der Waals surface area contributed by atoms with Gasteiger partial charge in [-0.3, -0.25) is 4.79 Å². The van der Waals surface area contributed by atoms with Gasteiger partial charge in [-0.1, -0.05) is 24.2 Å². The highest BCUT2D eigenvalue weighted by Crippen LogP contribution is 2.32. The minimum atomic E-state index is -0.102. The average molecular weight is 405 g/mol. The Morgan fingerprint density at radius 2 is 1.96 bits per heavy atom. The van der Waals surface area contributed by atoms with Gasteiger partial charge in [-0.2, -0.15) is 0 Å². The van der Waals surface area contributed by atoms with Gasteiger partial charge in [0.05, 0.1) is 26.3 Å². The number of nitrogens with zero attached hydrogens (tertiary/aromatic N) is 1. The number of methoxy groups -OCH3 is 2. The summed E-state index contributed by atoms with van der Waals surface area (Å²) in [7, 11) is 3.15. The van der Waals surface area contributed by atoms with Gasteiger partial charge in [0.2, 0.25) is 0 Å². The van der Waals surface area contributed by atoms with Gasteiger partial charge >= 0.3 is 0 Å². The highest BCUT2D eigenvalue weighted by atomic mass is 35.5. The number of benzene rings is 1. The quantitative estimate of drug-likeness (QED) is 0.613. The number of hydrogen-bond donors (Lipinski definition) is 1. The lowest BCUT2D eigenvalue weighted by atomic mass is 10.1. The molecule has 0 unspecified atom stereocenters. The molecule has 1 N–H and O–H groups in total. The molecule has 0 aliphatic rings. The second-order valence-corrected chi connectivity index (χ2v) is 7.59. The predicted octanol–water partition coefficient (Wildman–Crippen LogP) is 4.12. The van der Waals surface area contributed by atoms with E-state index in [9.17, 15) is 4.79 Å². The number of halogens is 1. The van der Waals surface area contributed by atoms with Crippen molar-refractivity contribution in [3.8, 4) is 11.5 Å². The first-order valence-electron chi connectivity index (χ1n) is 8.38. The van der Waals surface area contributed by atoms with Crippen LogP contribution in [0.4, 0.5) is 0 Å². The minimum Gasteiger partial charge on any atom is -0.493 e. The Bertz CT molecular complexity index is 1010. The maximum Gasteiger partial charge on any atom is 0.255 e. The molecule has 0 saturated heterocycles. The molecule has 27 heavy (non-hydrogen) atoms. The Morgan fingerprint density at radius 1 is 1.22 bits per heavy atom. The Labute approximate surface area is 166 Å². The third kappa shape index (κ3) is 4.35. The summed E-state index contributed by atoms with van der Waals surface area (Å²) in [5.74, 6) is 1.17. The largest absolute Gasteiger partial charge is 0.493 e. The molecule has 3 aromatic rings. The summed E-state index contributed by atoms with van der Waals surface area (Å²) in [4.78, 5) is 14.2. The Morgan fingerprint density at radius 3 is 2.59 bits per heavy atom. The molecule has 2 heterocycles. The number of thiophene rings is 1. The standard InChI is InChI=1S/C20H21ClN2O3S/c1-13(21)12-23-17-9-19(26-3)18(25-2)8-14(17)7-15(20(23)24)10-22-11-16-5-4-6-27-16/h4-9,22H,1,10-12H2,2-3H3. The summed E-state index contributed by atoms with van der Waals surface area (Å²) in [5, 5.41) is 6.62. The molecule has 0 bridgehead atoms. The number of nitrogens with one attached hydrogen (secondary N) is 1. The van der Waals surface area contributed by atoms with Gasteiger partial charge in [0, 0.05) is 40.0 Å². The summed E-state index contributed by atoms with van der Waals surface area (Å²) in [6.07, 6.45) is 0. The molecule has 0 spiro atoms. The lowest BCUT2D eigenvalue weighted by molar-refractivity contribution is 0.355. The zero-order chi connectivity index (χ0) is 19.4. The summed E-state index contributed by atoms with van der Waals surface area (Å²) in [6, 6.07) is 9.61. The number of allylic oxidation sites excluding steroid dienone is 1. The van der Waals surface area contributed by atoms with Crippen LogP contribution in [0, 0.1) is 0 Å². The van der Waals surface area contributed by atoms with Gasteiger partial charge < -0.3 is 19.4 Å². The maximum absolute atomic E-state index is 13.0. The SMILES string of the molecule is C=C(Cl)Cn1c(=O)c(CNCc2cccs2)cc2cc(OC)c(OC)cc21. The van der Waals surface area contributed by atoms with Gasteiger partial charge in [0.15, 0.2) is 11.5 Å². The Hall–Kier alpha value is -2.28. The molecule has 0 aliphatic carbocycles. The van der Waals surface area contributed by atoms with Crippen LogP contribution in [-0.2, 0) is 19.6 Å². The third-order valence-electron chi connectivity index (χ3n) is 4.20. The van der Waals surface area contributed by atoms with Crippen molar-refractivity contribution in [1.29, 1.82) is 0 Å². The fraction of sp³-hybridized carbons (Fsp3) is 0.250. The first kappa shape index (κ1) is 19.5. The maximum atomic E-state index is 13.0. The van der Waals surface area contributed by atoms with E-state index in [1.54, 1.807) is 36.2 Å². The predicted molar refractivity (Wildman–Crippen MR) is 111 cm³/mol. The first-order chi connectivity index (χ1) is 13.0. The molecule has 142 valence electrons. The minimum absolute atomic E-state index is 0.102. The zero-order valence-corrected chi connectivity index (χ0v) is 16.8. The molecule has 0 fully saturated rings. The number of pyridine rings is 1. The van der Waals surface area contributed by atoms with Gasteiger partial charge in [-0.15, -0.1) is 11.3 Å². The highest BCUT2D eigenvalue weighted by molar-refractivity contribution is 7.09. The van der Waals surface area contributed by atoms with Gasteiger partial charge in [-0.05, 0) is 23.6 Å². The van der Waals surface area contributed by atoms with Crippen LogP contribution in [0.25, 0.3) is 10.9 Å². The van der Waals surface area contributed by atoms with E-state index in [4.69, 9.17) is 21.1 Å². The van der Waals surface area contributed by atoms with Crippen molar-refractivity contribution in [2.24, 2.45) is 0 Å². The van der Waals surface area contributed by atoms with Crippen LogP contribution in [-0.4, -0.2) is 18.8 Å². The van der Waals surface area contributed by atoms with Crippen molar-refractivity contribution in [1.82, 2.24) is 9.88 Å². The van der Waals surface area contributed by atoms with Crippen molar-refractivity contribution in [2.45, 2.75) is 19.6 Å². The van der Waals surface area contributed by atoms with E-state index in [-0.39, 0.29) is 12.1 Å². The molecule has 0 amide bonds. The van der Waals surface area contributed by atoms with Crippen molar-refractivity contribution < 1.29 is 9.47 Å². The van der Waals surface area contributed by atoms with Gasteiger partial charge in [0.1, 0.15) is 0 Å². The van der Waals surface area contributed by atoms with Crippen molar-refractivity contribution in [2.75, 3.05) is 14.2 Å². The van der Waals surface area contributed by atoms with Crippen LogP contribution in [0.3, 0.4) is 0 Å². The van der Waals surface area contributed by atoms with Crippen LogP contribution in [0.15, 0.2) is 52.1 Å². The second kappa shape index (κ2) is 8.61. The van der Waals surface area contributed by atoms with Crippen molar-refractivity contribution in [3.63, 3.8) is 0 Å². The van der Waals surface area contributed by atoms with Crippen LogP contribution >= 0.6 is 22.9 Å². The van der Waals surface area contributed by atoms with E-state index in [0.717, 1.165) is 10.9 Å². The molecule has 7 heteroatoms. The van der Waals surface area contributed by atoms with E-state index < -0.39 is 0 Å². The number of ether oxygens (including phenoxy) is 2. The fourth-order valence-corrected chi connectivity index (χ4v) is 3.75. The third-order valence-corrected chi connectivity index (χ3v) is 5.19. The summed E-state index contributed by atoms with van der Waals surface area (Å²) in [5.41, 5.74) is 1.28. The van der Waals surface area contributed by atoms with E-state index in [2.05, 4.69) is 18.0 Å². The van der Waals surface area contributed by atoms with E-state index in [1.807, 2.05) is 23.6 Å². The topological polar surface area (TPSA) is 52.5 Å². The smallest absolute Gasteiger partial charge is 0.255 e. The van der Waals surface area contributed by atoms with Gasteiger partial charge in [-0.25, -0.2) is 0 Å². The van der Waals surface area contributed by atoms with Crippen LogP contribution < -0.4 is 20.3 Å². The summed E-state index contributed by atoms with van der Waals surface area (Å²) >= 11 is 7.70. The van der Waals surface area contributed by atoms with Crippen LogP contribution in [0.2, 0.25) is 0 Å². The number of fused-ring (bicyclic) bond motifs is 1. The van der Waals surface area contributed by atoms with E-state index in [1.165, 1.54) is 4.88 Å². The zero-order valence-electron chi connectivity index (χ0n) is 15.3. The summed E-state index contributed by atoms with van der Waals surface area (Å²) in [6.45, 7) is 5.13. The van der Waals surface area contributed by atoms with Crippen LogP contribution in [0.5, 0.6) is 11.5 Å². The molecule has 0 radical (unpaired) electrons. The molecule has 2 aromatic heterocycles. The molecule has 3 rings (SSSR count). The van der Waals surface area contributed by atoms with Crippen molar-refractivity contribution in [3.05, 3.63) is 68.1 Å².